The molecule has 0 amide bonds. The van der Waals surface area contributed by atoms with Gasteiger partial charge in [-0.05, 0) is 18.2 Å². The summed E-state index contributed by atoms with van der Waals surface area (Å²) in [5.41, 5.74) is 0.537. The van der Waals surface area contributed by atoms with Gasteiger partial charge in [-0.25, -0.2) is 9.78 Å². The third-order valence-electron chi connectivity index (χ3n) is 2.39. The molecule has 2 rings (SSSR count). The highest BCUT2D eigenvalue weighted by atomic mass is 35.5. The molecule has 1 heterocycles. The van der Waals surface area contributed by atoms with Crippen LogP contribution in [0.25, 0.3) is 0 Å². The molecule has 98 valence electrons. The highest BCUT2D eigenvalue weighted by Crippen LogP contribution is 2.27. The van der Waals surface area contributed by atoms with Gasteiger partial charge in [-0.15, -0.1) is 0 Å². The van der Waals surface area contributed by atoms with Crippen molar-refractivity contribution >= 4 is 29.2 Å². The van der Waals surface area contributed by atoms with Crippen LogP contribution in [0.3, 0.4) is 0 Å². The summed E-state index contributed by atoms with van der Waals surface area (Å²) in [6, 6.07) is 8.30. The summed E-state index contributed by atoms with van der Waals surface area (Å²) >= 11 is 11.9. The summed E-state index contributed by atoms with van der Waals surface area (Å²) in [6.07, 6.45) is 1.39. The normalized spacial score (nSPS) is 10.2. The number of carbonyl (C=O) groups is 1. The molecule has 1 aromatic heterocycles. The van der Waals surface area contributed by atoms with Crippen molar-refractivity contribution in [3.63, 3.8) is 0 Å². The van der Waals surface area contributed by atoms with Gasteiger partial charge in [0, 0.05) is 11.8 Å². The maximum atomic E-state index is 11.0. The first kappa shape index (κ1) is 13.6. The number of hydrogen-bond donors (Lipinski definition) is 1. The predicted octanol–water partition coefficient (Wildman–Crippen LogP) is 3.67. The van der Waals surface area contributed by atoms with Gasteiger partial charge in [0.15, 0.2) is 11.4 Å². The maximum Gasteiger partial charge on any atom is 0.358 e. The van der Waals surface area contributed by atoms with Crippen molar-refractivity contribution in [3.05, 3.63) is 57.8 Å². The highest BCUT2D eigenvalue weighted by Gasteiger charge is 2.13. The highest BCUT2D eigenvalue weighted by molar-refractivity contribution is 6.42. The van der Waals surface area contributed by atoms with Crippen molar-refractivity contribution < 1.29 is 14.6 Å². The lowest BCUT2D eigenvalue weighted by molar-refractivity contribution is 0.0685. The van der Waals surface area contributed by atoms with Crippen LogP contribution < -0.4 is 4.74 Å². The number of rotatable bonds is 4. The van der Waals surface area contributed by atoms with E-state index in [0.29, 0.717) is 15.6 Å². The Morgan fingerprint density at radius 1 is 1.26 bits per heavy atom. The SMILES string of the molecule is O=C(O)c1ncccc1OCc1cccc(Cl)c1Cl. The molecular weight excluding hydrogens is 289 g/mol. The summed E-state index contributed by atoms with van der Waals surface area (Å²) in [6.45, 7) is 0.116. The fourth-order valence-electron chi connectivity index (χ4n) is 1.48. The summed E-state index contributed by atoms with van der Waals surface area (Å²) < 4.78 is 5.43. The molecular formula is C13H9Cl2NO3. The van der Waals surface area contributed by atoms with Gasteiger partial charge in [0.25, 0.3) is 0 Å². The minimum absolute atomic E-state index is 0.116. The number of hydrogen-bond acceptors (Lipinski definition) is 3. The lowest BCUT2D eigenvalue weighted by Gasteiger charge is -2.09. The molecule has 4 nitrogen and oxygen atoms in total. The summed E-state index contributed by atoms with van der Waals surface area (Å²) in [5.74, 6) is -0.959. The van der Waals surface area contributed by atoms with Gasteiger partial charge in [-0.2, -0.15) is 0 Å². The van der Waals surface area contributed by atoms with E-state index < -0.39 is 5.97 Å². The Morgan fingerprint density at radius 3 is 2.79 bits per heavy atom. The molecule has 2 aromatic rings. The van der Waals surface area contributed by atoms with Crippen LogP contribution >= 0.6 is 23.2 Å². The summed E-state index contributed by atoms with van der Waals surface area (Å²) in [7, 11) is 0. The number of benzene rings is 1. The number of pyridine rings is 1. The largest absolute Gasteiger partial charge is 0.486 e. The second kappa shape index (κ2) is 5.91. The number of aromatic nitrogens is 1. The minimum Gasteiger partial charge on any atom is -0.486 e. The number of ether oxygens (including phenoxy) is 1. The molecule has 0 unspecified atom stereocenters. The number of aromatic carboxylic acids is 1. The van der Waals surface area contributed by atoms with E-state index in [4.69, 9.17) is 33.0 Å². The molecule has 0 fully saturated rings. The first-order valence-electron chi connectivity index (χ1n) is 5.33. The third kappa shape index (κ3) is 3.16. The van der Waals surface area contributed by atoms with E-state index in [-0.39, 0.29) is 18.1 Å². The van der Waals surface area contributed by atoms with E-state index in [1.807, 2.05) is 0 Å². The average Bonchev–Trinajstić information content (AvgIpc) is 2.40. The topological polar surface area (TPSA) is 59.4 Å². The van der Waals surface area contributed by atoms with E-state index in [9.17, 15) is 4.79 Å². The number of nitrogens with zero attached hydrogens (tertiary/aromatic N) is 1. The lowest BCUT2D eigenvalue weighted by Crippen LogP contribution is -2.05. The van der Waals surface area contributed by atoms with Crippen molar-refractivity contribution in [1.82, 2.24) is 4.98 Å². The van der Waals surface area contributed by atoms with Crippen LogP contribution in [0.15, 0.2) is 36.5 Å². The molecule has 0 spiro atoms. The Hall–Kier alpha value is -1.78. The van der Waals surface area contributed by atoms with Crippen molar-refractivity contribution in [3.8, 4) is 5.75 Å². The monoisotopic (exact) mass is 297 g/mol. The quantitative estimate of drug-likeness (QED) is 0.935. The van der Waals surface area contributed by atoms with Gasteiger partial charge in [0.1, 0.15) is 6.61 Å². The molecule has 0 aliphatic heterocycles. The Morgan fingerprint density at radius 2 is 2.05 bits per heavy atom. The van der Waals surface area contributed by atoms with Crippen molar-refractivity contribution in [2.45, 2.75) is 6.61 Å². The fraction of sp³-hybridized carbons (Fsp3) is 0.0769. The second-order valence-electron chi connectivity index (χ2n) is 3.66. The van der Waals surface area contributed by atoms with E-state index in [2.05, 4.69) is 4.98 Å². The molecule has 0 saturated heterocycles. The molecule has 1 aromatic carbocycles. The van der Waals surface area contributed by atoms with Crippen LogP contribution in [0.5, 0.6) is 5.75 Å². The van der Waals surface area contributed by atoms with Crippen LogP contribution in [-0.4, -0.2) is 16.1 Å². The Balaban J connectivity index is 2.19. The third-order valence-corrected chi connectivity index (χ3v) is 3.25. The summed E-state index contributed by atoms with van der Waals surface area (Å²) in [4.78, 5) is 14.7. The van der Waals surface area contributed by atoms with Crippen molar-refractivity contribution in [2.24, 2.45) is 0 Å². The summed E-state index contributed by atoms with van der Waals surface area (Å²) in [5, 5.41) is 9.79. The van der Waals surface area contributed by atoms with Crippen LogP contribution in [-0.2, 0) is 6.61 Å². The van der Waals surface area contributed by atoms with Crippen LogP contribution in [0.4, 0.5) is 0 Å². The van der Waals surface area contributed by atoms with E-state index in [0.717, 1.165) is 0 Å². The zero-order chi connectivity index (χ0) is 13.8. The molecule has 0 atom stereocenters. The molecule has 0 saturated carbocycles. The van der Waals surface area contributed by atoms with Gasteiger partial charge in [0.05, 0.1) is 10.0 Å². The predicted molar refractivity (Wildman–Crippen MR) is 72.0 cm³/mol. The van der Waals surface area contributed by atoms with Crippen LogP contribution in [0.1, 0.15) is 16.1 Å². The van der Waals surface area contributed by atoms with Gasteiger partial charge < -0.3 is 9.84 Å². The van der Waals surface area contributed by atoms with E-state index in [1.54, 1.807) is 24.3 Å². The van der Waals surface area contributed by atoms with Crippen LogP contribution in [0, 0.1) is 0 Å². The van der Waals surface area contributed by atoms with Gasteiger partial charge in [-0.3, -0.25) is 0 Å². The first-order valence-corrected chi connectivity index (χ1v) is 6.09. The van der Waals surface area contributed by atoms with Crippen LogP contribution in [0.2, 0.25) is 10.0 Å². The zero-order valence-corrected chi connectivity index (χ0v) is 11.1. The van der Waals surface area contributed by atoms with Gasteiger partial charge >= 0.3 is 5.97 Å². The van der Waals surface area contributed by atoms with Gasteiger partial charge in [0.2, 0.25) is 0 Å². The number of carboxylic acids is 1. The molecule has 0 aliphatic rings. The van der Waals surface area contributed by atoms with E-state index >= 15 is 0 Å². The lowest BCUT2D eigenvalue weighted by atomic mass is 10.2. The zero-order valence-electron chi connectivity index (χ0n) is 9.64. The molecule has 0 radical (unpaired) electrons. The van der Waals surface area contributed by atoms with Gasteiger partial charge in [-0.1, -0.05) is 35.3 Å². The fourth-order valence-corrected chi connectivity index (χ4v) is 1.86. The van der Waals surface area contributed by atoms with E-state index in [1.165, 1.54) is 12.3 Å². The molecule has 6 heteroatoms. The Labute approximate surface area is 119 Å². The minimum atomic E-state index is -1.15. The first-order chi connectivity index (χ1) is 9.09. The smallest absolute Gasteiger partial charge is 0.358 e. The van der Waals surface area contributed by atoms with Crippen molar-refractivity contribution in [1.29, 1.82) is 0 Å². The molecule has 19 heavy (non-hydrogen) atoms. The Bertz CT molecular complexity index is 617. The molecule has 0 aliphatic carbocycles. The standard InChI is InChI=1S/C13H9Cl2NO3/c14-9-4-1-3-8(11(9)15)7-19-10-5-2-6-16-12(10)13(17)18/h1-6H,7H2,(H,17,18). The maximum absolute atomic E-state index is 11.0. The number of carboxylic acid groups (broad SMARTS) is 1. The molecule has 1 N–H and O–H groups in total. The number of halogens is 2. The second-order valence-corrected chi connectivity index (χ2v) is 4.44. The molecule has 0 bridgehead atoms. The average molecular weight is 298 g/mol. The Kier molecular flexibility index (Phi) is 4.24. The van der Waals surface area contributed by atoms with Crippen molar-refractivity contribution in [2.75, 3.05) is 0 Å².